The number of hydrogen-bond acceptors (Lipinski definition) is 5. The van der Waals surface area contributed by atoms with Crippen molar-refractivity contribution in [2.45, 2.75) is 58.3 Å². The van der Waals surface area contributed by atoms with Crippen molar-refractivity contribution in [3.63, 3.8) is 0 Å². The highest BCUT2D eigenvalue weighted by Crippen LogP contribution is 2.40. The average molecular weight is 396 g/mol. The molecular formula is C18H25NO5SSi. The number of β-lactam (4-membered cyclic amide) rings is 1. The Hall–Kier alpha value is -1.85. The summed E-state index contributed by atoms with van der Waals surface area (Å²) in [6, 6.07) is 0. The van der Waals surface area contributed by atoms with Crippen LogP contribution in [-0.2, 0) is 24.2 Å². The molecule has 1 atom stereocenters. The Labute approximate surface area is 156 Å². The molecule has 0 radical (unpaired) electrons. The Bertz CT molecular complexity index is 889. The molecule has 0 bridgehead atoms. The Morgan fingerprint density at radius 2 is 1.88 bits per heavy atom. The quantitative estimate of drug-likeness (QED) is 0.223. The zero-order valence-corrected chi connectivity index (χ0v) is 18.1. The van der Waals surface area contributed by atoms with Crippen molar-refractivity contribution in [1.82, 2.24) is 4.90 Å². The van der Waals surface area contributed by atoms with E-state index < -0.39 is 40.8 Å². The molecule has 2 aliphatic heterocycles. The number of sulfone groups is 1. The molecule has 1 amide bonds. The van der Waals surface area contributed by atoms with E-state index in [1.807, 2.05) is 0 Å². The second-order valence-corrected chi connectivity index (χ2v) is 15.4. The van der Waals surface area contributed by atoms with Crippen LogP contribution >= 0.6 is 0 Å². The smallest absolute Gasteiger partial charge is 0.355 e. The van der Waals surface area contributed by atoms with Gasteiger partial charge in [0.05, 0.1) is 11.3 Å². The number of carbonyl (C=O) groups is 2. The lowest BCUT2D eigenvalue weighted by Crippen LogP contribution is -2.62. The molecule has 0 aromatic carbocycles. The van der Waals surface area contributed by atoms with Crippen LogP contribution in [0.15, 0.2) is 22.9 Å². The summed E-state index contributed by atoms with van der Waals surface area (Å²) in [6.45, 7) is 12.8. The molecule has 0 aliphatic carbocycles. The zero-order chi connectivity index (χ0) is 20.1. The molecule has 6 nitrogen and oxygen atoms in total. The summed E-state index contributed by atoms with van der Waals surface area (Å²) in [5.41, 5.74) is 2.80. The molecule has 2 heterocycles. The molecule has 0 aromatic rings. The van der Waals surface area contributed by atoms with Gasteiger partial charge in [-0.15, -0.1) is 5.54 Å². The Morgan fingerprint density at radius 3 is 2.38 bits per heavy atom. The van der Waals surface area contributed by atoms with Crippen molar-refractivity contribution in [2.24, 2.45) is 0 Å². The van der Waals surface area contributed by atoms with Gasteiger partial charge in [-0.05, 0) is 39.3 Å². The normalized spacial score (nSPS) is 23.8. The maximum Gasteiger partial charge on any atom is 0.355 e. The summed E-state index contributed by atoms with van der Waals surface area (Å²) >= 11 is 0. The number of esters is 1. The summed E-state index contributed by atoms with van der Waals surface area (Å²) in [4.78, 5) is 26.1. The Kier molecular flexibility index (Phi) is 5.03. The third-order valence-corrected chi connectivity index (χ3v) is 6.51. The van der Waals surface area contributed by atoms with E-state index in [0.29, 0.717) is 5.57 Å². The SMILES string of the molecule is CC1=C(C(=O)OC(C)(C)C)N2C(=O)/C(=C\C#C[Si](C)(C)C)C2S(=O)(=O)C1. The van der Waals surface area contributed by atoms with Gasteiger partial charge < -0.3 is 4.74 Å². The molecule has 2 rings (SSSR count). The molecule has 0 aromatic heterocycles. The first kappa shape index (κ1) is 20.5. The predicted molar refractivity (Wildman–Crippen MR) is 102 cm³/mol. The van der Waals surface area contributed by atoms with Gasteiger partial charge in [0.1, 0.15) is 19.4 Å². The molecule has 1 fully saturated rings. The Morgan fingerprint density at radius 1 is 1.31 bits per heavy atom. The summed E-state index contributed by atoms with van der Waals surface area (Å²) in [5, 5.41) is -1.16. The van der Waals surface area contributed by atoms with E-state index in [9.17, 15) is 18.0 Å². The van der Waals surface area contributed by atoms with E-state index in [2.05, 4.69) is 31.1 Å². The number of hydrogen-bond donors (Lipinski definition) is 0. The summed E-state index contributed by atoms with van der Waals surface area (Å²) in [5.74, 6) is 1.35. The van der Waals surface area contributed by atoms with E-state index >= 15 is 0 Å². The number of nitrogens with zero attached hydrogens (tertiary/aromatic N) is 1. The van der Waals surface area contributed by atoms with Gasteiger partial charge in [0.15, 0.2) is 15.2 Å². The minimum absolute atomic E-state index is 0.0278. The fourth-order valence-electron chi connectivity index (χ4n) is 2.71. The van der Waals surface area contributed by atoms with Crippen LogP contribution in [0.5, 0.6) is 0 Å². The van der Waals surface area contributed by atoms with Crippen molar-refractivity contribution in [3.05, 3.63) is 22.9 Å². The first-order valence-corrected chi connectivity index (χ1v) is 13.6. The Balaban J connectivity index is 2.44. The third kappa shape index (κ3) is 4.10. The van der Waals surface area contributed by atoms with E-state index in [-0.39, 0.29) is 17.0 Å². The van der Waals surface area contributed by atoms with Crippen molar-refractivity contribution in [1.29, 1.82) is 0 Å². The molecule has 1 saturated heterocycles. The number of carbonyl (C=O) groups excluding carboxylic acids is 2. The van der Waals surface area contributed by atoms with Crippen LogP contribution in [0.3, 0.4) is 0 Å². The van der Waals surface area contributed by atoms with Crippen LogP contribution in [0.4, 0.5) is 0 Å². The van der Waals surface area contributed by atoms with E-state index in [1.54, 1.807) is 20.8 Å². The highest BCUT2D eigenvalue weighted by molar-refractivity contribution is 7.92. The molecule has 0 saturated carbocycles. The van der Waals surface area contributed by atoms with Crippen molar-refractivity contribution in [3.8, 4) is 11.5 Å². The highest BCUT2D eigenvalue weighted by Gasteiger charge is 2.56. The number of rotatable bonds is 1. The monoisotopic (exact) mass is 395 g/mol. The first-order valence-electron chi connectivity index (χ1n) is 8.35. The van der Waals surface area contributed by atoms with Crippen LogP contribution in [0.25, 0.3) is 0 Å². The van der Waals surface area contributed by atoms with Gasteiger partial charge in [-0.2, -0.15) is 0 Å². The summed E-state index contributed by atoms with van der Waals surface area (Å²) in [7, 11) is -5.26. The van der Waals surface area contributed by atoms with Gasteiger partial charge in [-0.3, -0.25) is 9.69 Å². The van der Waals surface area contributed by atoms with Gasteiger partial charge in [-0.1, -0.05) is 25.6 Å². The van der Waals surface area contributed by atoms with Gasteiger partial charge in [0.25, 0.3) is 5.91 Å². The van der Waals surface area contributed by atoms with Gasteiger partial charge in [0.2, 0.25) is 0 Å². The van der Waals surface area contributed by atoms with Crippen molar-refractivity contribution < 1.29 is 22.7 Å². The lowest BCUT2D eigenvalue weighted by Gasteiger charge is -2.45. The maximum atomic E-state index is 12.6. The molecule has 0 spiro atoms. The van der Waals surface area contributed by atoms with Crippen molar-refractivity contribution in [2.75, 3.05) is 5.75 Å². The molecular weight excluding hydrogens is 370 g/mol. The van der Waals surface area contributed by atoms with Gasteiger partial charge in [0, 0.05) is 0 Å². The lowest BCUT2D eigenvalue weighted by molar-refractivity contribution is -0.155. The molecule has 2 aliphatic rings. The second kappa shape index (κ2) is 6.39. The number of amides is 1. The molecule has 1 unspecified atom stereocenters. The van der Waals surface area contributed by atoms with Crippen LogP contribution in [0.2, 0.25) is 19.6 Å². The average Bonchev–Trinajstić information content (AvgIpc) is 2.39. The van der Waals surface area contributed by atoms with Gasteiger partial charge >= 0.3 is 5.97 Å². The third-order valence-electron chi connectivity index (χ3n) is 3.64. The topological polar surface area (TPSA) is 80.8 Å². The summed E-state index contributed by atoms with van der Waals surface area (Å²) in [6.07, 6.45) is 1.38. The standard InChI is InChI=1S/C18H25NO5SSi/c1-12-11-25(22,23)16-13(9-8-10-26(5,6)7)15(20)19(16)14(12)17(21)24-18(2,3)4/h9,16H,11H2,1-7H3/b13-9+. The minimum atomic E-state index is -3.62. The molecule has 142 valence electrons. The van der Waals surface area contributed by atoms with E-state index in [4.69, 9.17) is 4.74 Å². The fourth-order valence-corrected chi connectivity index (χ4v) is 5.20. The predicted octanol–water partition coefficient (Wildman–Crippen LogP) is 2.01. The van der Waals surface area contributed by atoms with Crippen LogP contribution in [0, 0.1) is 11.5 Å². The summed E-state index contributed by atoms with van der Waals surface area (Å²) < 4.78 is 30.5. The maximum absolute atomic E-state index is 12.6. The van der Waals surface area contributed by atoms with Crippen LogP contribution in [-0.4, -0.2) is 50.0 Å². The van der Waals surface area contributed by atoms with Crippen LogP contribution < -0.4 is 0 Å². The zero-order valence-electron chi connectivity index (χ0n) is 16.3. The van der Waals surface area contributed by atoms with E-state index in [1.165, 1.54) is 13.0 Å². The second-order valence-electron chi connectivity index (χ2n) is 8.58. The van der Waals surface area contributed by atoms with Crippen LogP contribution in [0.1, 0.15) is 27.7 Å². The first-order chi connectivity index (χ1) is 11.6. The molecule has 26 heavy (non-hydrogen) atoms. The molecule has 8 heteroatoms. The largest absolute Gasteiger partial charge is 0.455 e. The minimum Gasteiger partial charge on any atom is -0.455 e. The van der Waals surface area contributed by atoms with E-state index in [0.717, 1.165) is 4.90 Å². The highest BCUT2D eigenvalue weighted by atomic mass is 32.2. The fraction of sp³-hybridized carbons (Fsp3) is 0.556. The number of ether oxygens (including phenoxy) is 1. The molecule has 0 N–H and O–H groups in total. The van der Waals surface area contributed by atoms with Gasteiger partial charge in [-0.25, -0.2) is 13.2 Å². The van der Waals surface area contributed by atoms with Crippen molar-refractivity contribution >= 4 is 29.8 Å². The number of allylic oxidation sites excluding steroid dienone is 1. The lowest BCUT2D eigenvalue weighted by atomic mass is 10.0. The number of fused-ring (bicyclic) bond motifs is 1.